The number of hydrogen-bond donors (Lipinski definition) is 1. The lowest BCUT2D eigenvalue weighted by atomic mass is 10.0. The molecule has 1 saturated heterocycles. The Hall–Kier alpha value is -2.38. The standard InChI is InChI=1S/C21H22F2N2O3/c22-15-10-13-11-18(26)20(14(13)12-16(15)23)25-6-4-24(5-7-25)17-2-1-3-19-21(17)28-9-8-27-19/h1-3,10,12,18,20,26H,4-9,11H2/t18-,20-/m1/s1. The van der Waals surface area contributed by atoms with Crippen molar-refractivity contribution >= 4 is 5.69 Å². The Balaban J connectivity index is 1.34. The summed E-state index contributed by atoms with van der Waals surface area (Å²) in [6.07, 6.45) is -0.293. The first-order valence-corrected chi connectivity index (χ1v) is 9.65. The zero-order valence-electron chi connectivity index (χ0n) is 15.4. The molecule has 0 spiro atoms. The number of hydrogen-bond acceptors (Lipinski definition) is 5. The highest BCUT2D eigenvalue weighted by Crippen LogP contribution is 2.41. The van der Waals surface area contributed by atoms with Gasteiger partial charge in [-0.3, -0.25) is 4.90 Å². The van der Waals surface area contributed by atoms with Gasteiger partial charge in [-0.1, -0.05) is 6.07 Å². The molecule has 148 valence electrons. The third-order valence-electron chi connectivity index (χ3n) is 5.89. The molecule has 0 unspecified atom stereocenters. The van der Waals surface area contributed by atoms with Gasteiger partial charge in [0, 0.05) is 32.6 Å². The molecule has 2 heterocycles. The number of anilines is 1. The van der Waals surface area contributed by atoms with Crippen LogP contribution in [-0.4, -0.2) is 55.5 Å². The first-order valence-electron chi connectivity index (χ1n) is 9.65. The molecule has 0 aromatic heterocycles. The Labute approximate surface area is 162 Å². The summed E-state index contributed by atoms with van der Waals surface area (Å²) in [5, 5.41) is 10.5. The maximum Gasteiger partial charge on any atom is 0.184 e. The van der Waals surface area contributed by atoms with Gasteiger partial charge in [-0.05, 0) is 35.4 Å². The molecule has 0 saturated carbocycles. The third-order valence-corrected chi connectivity index (χ3v) is 5.89. The molecule has 0 radical (unpaired) electrons. The lowest BCUT2D eigenvalue weighted by Crippen LogP contribution is -2.49. The maximum atomic E-state index is 13.8. The van der Waals surface area contributed by atoms with Gasteiger partial charge in [0.2, 0.25) is 0 Å². The van der Waals surface area contributed by atoms with Crippen LogP contribution in [0.4, 0.5) is 14.5 Å². The predicted octanol–water partition coefficient (Wildman–Crippen LogP) is 2.52. The van der Waals surface area contributed by atoms with Gasteiger partial charge in [-0.25, -0.2) is 8.78 Å². The van der Waals surface area contributed by atoms with E-state index in [1.54, 1.807) is 0 Å². The monoisotopic (exact) mass is 388 g/mol. The first-order chi connectivity index (χ1) is 13.6. The van der Waals surface area contributed by atoms with Crippen LogP contribution in [0.5, 0.6) is 11.5 Å². The van der Waals surface area contributed by atoms with Crippen LogP contribution < -0.4 is 14.4 Å². The van der Waals surface area contributed by atoms with Crippen LogP contribution in [-0.2, 0) is 6.42 Å². The Morgan fingerprint density at radius 1 is 0.964 bits per heavy atom. The van der Waals surface area contributed by atoms with Gasteiger partial charge in [0.15, 0.2) is 23.1 Å². The number of para-hydroxylation sites is 1. The average molecular weight is 388 g/mol. The van der Waals surface area contributed by atoms with Crippen molar-refractivity contribution in [3.8, 4) is 11.5 Å². The summed E-state index contributed by atoms with van der Waals surface area (Å²) < 4.78 is 38.8. The largest absolute Gasteiger partial charge is 0.486 e. The molecule has 2 aromatic rings. The minimum absolute atomic E-state index is 0.295. The van der Waals surface area contributed by atoms with Gasteiger partial charge in [-0.2, -0.15) is 0 Å². The van der Waals surface area contributed by atoms with E-state index >= 15 is 0 Å². The van der Waals surface area contributed by atoms with Gasteiger partial charge in [0.1, 0.15) is 13.2 Å². The van der Waals surface area contributed by atoms with Crippen LogP contribution in [0, 0.1) is 11.6 Å². The number of benzene rings is 2. The second-order valence-corrected chi connectivity index (χ2v) is 7.51. The fraction of sp³-hybridized carbons (Fsp3) is 0.429. The summed E-state index contributed by atoms with van der Waals surface area (Å²) >= 11 is 0. The molecule has 3 aliphatic rings. The van der Waals surface area contributed by atoms with Crippen molar-refractivity contribution in [2.24, 2.45) is 0 Å². The average Bonchev–Trinajstić information content (AvgIpc) is 3.02. The number of rotatable bonds is 2. The first kappa shape index (κ1) is 17.7. The summed E-state index contributed by atoms with van der Waals surface area (Å²) in [5.74, 6) is -0.160. The lowest BCUT2D eigenvalue weighted by Gasteiger charge is -2.41. The molecular weight excluding hydrogens is 366 g/mol. The SMILES string of the molecule is O[C@@H]1Cc2cc(F)c(F)cc2[C@H]1N1CCN(c2cccc3c2OCCO3)CC1. The van der Waals surface area contributed by atoms with E-state index in [0.29, 0.717) is 43.9 Å². The second-order valence-electron chi connectivity index (χ2n) is 7.51. The lowest BCUT2D eigenvalue weighted by molar-refractivity contribution is 0.0572. The summed E-state index contributed by atoms with van der Waals surface area (Å²) in [6.45, 7) is 4.02. The van der Waals surface area contributed by atoms with Crippen molar-refractivity contribution in [2.45, 2.75) is 18.6 Å². The van der Waals surface area contributed by atoms with Crippen LogP contribution in [0.25, 0.3) is 0 Å². The molecule has 2 aromatic carbocycles. The van der Waals surface area contributed by atoms with Crippen molar-refractivity contribution in [1.82, 2.24) is 4.90 Å². The zero-order chi connectivity index (χ0) is 19.3. The van der Waals surface area contributed by atoms with Crippen molar-refractivity contribution in [3.63, 3.8) is 0 Å². The summed E-state index contributed by atoms with van der Waals surface area (Å²) in [6, 6.07) is 8.07. The minimum Gasteiger partial charge on any atom is -0.486 e. The minimum atomic E-state index is -0.857. The summed E-state index contributed by atoms with van der Waals surface area (Å²) in [4.78, 5) is 4.41. The van der Waals surface area contributed by atoms with Crippen LogP contribution in [0.15, 0.2) is 30.3 Å². The number of aliphatic hydroxyl groups excluding tert-OH is 1. The Morgan fingerprint density at radius 2 is 1.71 bits per heavy atom. The molecule has 2 aliphatic heterocycles. The van der Waals surface area contributed by atoms with Gasteiger partial charge in [-0.15, -0.1) is 0 Å². The van der Waals surface area contributed by atoms with E-state index in [1.807, 2.05) is 18.2 Å². The quantitative estimate of drug-likeness (QED) is 0.857. The molecule has 0 bridgehead atoms. The third kappa shape index (κ3) is 2.89. The van der Waals surface area contributed by atoms with Crippen molar-refractivity contribution < 1.29 is 23.4 Å². The van der Waals surface area contributed by atoms with Crippen LogP contribution in [0.3, 0.4) is 0 Å². The summed E-state index contributed by atoms with van der Waals surface area (Å²) in [5.41, 5.74) is 2.41. The molecule has 1 fully saturated rings. The molecule has 0 amide bonds. The van der Waals surface area contributed by atoms with Gasteiger partial charge in [0.05, 0.1) is 17.8 Å². The van der Waals surface area contributed by atoms with E-state index in [0.717, 1.165) is 30.3 Å². The number of aliphatic hydroxyl groups is 1. The molecule has 2 atom stereocenters. The van der Waals surface area contributed by atoms with Crippen LogP contribution in [0.2, 0.25) is 0 Å². The molecule has 28 heavy (non-hydrogen) atoms. The summed E-state index contributed by atoms with van der Waals surface area (Å²) in [7, 11) is 0. The van der Waals surface area contributed by atoms with Crippen molar-refractivity contribution in [3.05, 3.63) is 53.1 Å². The Bertz CT molecular complexity index is 899. The number of halogens is 2. The van der Waals surface area contributed by atoms with Crippen molar-refractivity contribution in [1.29, 1.82) is 0 Å². The van der Waals surface area contributed by atoms with E-state index in [-0.39, 0.29) is 6.04 Å². The topological polar surface area (TPSA) is 45.2 Å². The molecule has 1 N–H and O–H groups in total. The molecular formula is C21H22F2N2O3. The number of fused-ring (bicyclic) bond motifs is 2. The van der Waals surface area contributed by atoms with Gasteiger partial charge in [0.25, 0.3) is 0 Å². The van der Waals surface area contributed by atoms with Crippen LogP contribution >= 0.6 is 0 Å². The Morgan fingerprint density at radius 3 is 2.54 bits per heavy atom. The van der Waals surface area contributed by atoms with Crippen LogP contribution in [0.1, 0.15) is 17.2 Å². The second kappa shape index (κ2) is 6.90. The normalized spacial score (nSPS) is 24.3. The molecule has 5 rings (SSSR count). The maximum absolute atomic E-state index is 13.8. The molecule has 5 nitrogen and oxygen atoms in total. The van der Waals surface area contributed by atoms with E-state index in [4.69, 9.17) is 9.47 Å². The van der Waals surface area contributed by atoms with Gasteiger partial charge < -0.3 is 19.5 Å². The highest BCUT2D eigenvalue weighted by molar-refractivity contribution is 5.65. The van der Waals surface area contributed by atoms with E-state index < -0.39 is 17.7 Å². The highest BCUT2D eigenvalue weighted by Gasteiger charge is 2.38. The molecule has 7 heteroatoms. The number of nitrogens with zero attached hydrogens (tertiary/aromatic N) is 2. The molecule has 1 aliphatic carbocycles. The Kier molecular flexibility index (Phi) is 4.36. The van der Waals surface area contributed by atoms with Gasteiger partial charge >= 0.3 is 0 Å². The number of piperazine rings is 1. The smallest absolute Gasteiger partial charge is 0.184 e. The fourth-order valence-electron chi connectivity index (χ4n) is 4.59. The van der Waals surface area contributed by atoms with E-state index in [1.165, 1.54) is 12.1 Å². The number of ether oxygens (including phenoxy) is 2. The zero-order valence-corrected chi connectivity index (χ0v) is 15.4. The van der Waals surface area contributed by atoms with Crippen molar-refractivity contribution in [2.75, 3.05) is 44.3 Å². The fourth-order valence-corrected chi connectivity index (χ4v) is 4.59. The van der Waals surface area contributed by atoms with E-state index in [2.05, 4.69) is 9.80 Å². The highest BCUT2D eigenvalue weighted by atomic mass is 19.2. The van der Waals surface area contributed by atoms with E-state index in [9.17, 15) is 13.9 Å². The predicted molar refractivity (Wildman–Crippen MR) is 100 cm³/mol.